The monoisotopic (exact) mass is 547 g/mol. The van der Waals surface area contributed by atoms with Gasteiger partial charge in [-0.1, -0.05) is 42.5 Å². The van der Waals surface area contributed by atoms with Gasteiger partial charge in [0.2, 0.25) is 5.91 Å². The number of fused-ring (bicyclic) bond motifs is 1. The average molecular weight is 548 g/mol. The number of methoxy groups -OCH3 is 2. The first-order valence-corrected chi connectivity index (χ1v) is 13.1. The fourth-order valence-electron chi connectivity index (χ4n) is 5.13. The summed E-state index contributed by atoms with van der Waals surface area (Å²) >= 11 is 0. The van der Waals surface area contributed by atoms with Gasteiger partial charge < -0.3 is 19.1 Å². The third-order valence-electron chi connectivity index (χ3n) is 6.99. The number of carbonyl (C=O) groups is 2. The fraction of sp³-hybridized carbons (Fsp3) is 0.333. The van der Waals surface area contributed by atoms with E-state index in [9.17, 15) is 19.7 Å². The van der Waals surface area contributed by atoms with E-state index >= 15 is 0 Å². The molecule has 3 aromatic carbocycles. The highest BCUT2D eigenvalue weighted by atomic mass is 16.6. The Morgan fingerprint density at radius 1 is 1.00 bits per heavy atom. The first-order chi connectivity index (χ1) is 19.3. The Hall–Kier alpha value is -4.60. The van der Waals surface area contributed by atoms with Crippen LogP contribution in [0.25, 0.3) is 0 Å². The molecule has 0 aromatic heterocycles. The lowest BCUT2D eigenvalue weighted by Crippen LogP contribution is -2.48. The van der Waals surface area contributed by atoms with Gasteiger partial charge >= 0.3 is 6.09 Å². The lowest BCUT2D eigenvalue weighted by molar-refractivity contribution is -0.384. The van der Waals surface area contributed by atoms with Crippen LogP contribution >= 0.6 is 0 Å². The van der Waals surface area contributed by atoms with Crippen LogP contribution in [0.15, 0.2) is 66.7 Å². The highest BCUT2D eigenvalue weighted by Crippen LogP contribution is 2.46. The number of anilines is 1. The number of non-ortho nitro benzene ring substituents is 1. The summed E-state index contributed by atoms with van der Waals surface area (Å²) in [4.78, 5) is 41.3. The van der Waals surface area contributed by atoms with Gasteiger partial charge in [0, 0.05) is 36.3 Å². The van der Waals surface area contributed by atoms with Crippen LogP contribution in [0.2, 0.25) is 0 Å². The maximum atomic E-state index is 14.0. The molecule has 0 saturated heterocycles. The van der Waals surface area contributed by atoms with Crippen LogP contribution in [0.4, 0.5) is 16.2 Å². The zero-order valence-electron chi connectivity index (χ0n) is 23.0. The number of rotatable bonds is 9. The number of nitrogens with zero attached hydrogens (tertiary/aromatic N) is 3. The largest absolute Gasteiger partial charge is 0.493 e. The van der Waals surface area contributed by atoms with Gasteiger partial charge in [0.05, 0.1) is 43.9 Å². The summed E-state index contributed by atoms with van der Waals surface area (Å²) in [6, 6.07) is 18.5. The van der Waals surface area contributed by atoms with Gasteiger partial charge in [-0.05, 0) is 37.5 Å². The fourth-order valence-corrected chi connectivity index (χ4v) is 5.13. The van der Waals surface area contributed by atoms with Crippen LogP contribution in [0.5, 0.6) is 11.5 Å². The van der Waals surface area contributed by atoms with Crippen molar-refractivity contribution in [1.29, 1.82) is 0 Å². The van der Waals surface area contributed by atoms with Gasteiger partial charge in [0.15, 0.2) is 11.5 Å². The lowest BCUT2D eigenvalue weighted by Gasteiger charge is -2.43. The number of amides is 2. The SMILES string of the molecule is CCOC(=O)N1c2cc(OC)c(OC)cc2C(N(Cc2ccccc2)C(=O)Cc2cccc([N+](=O)[O-])c2)CC1C. The molecule has 10 nitrogen and oxygen atoms in total. The van der Waals surface area contributed by atoms with Crippen LogP contribution in [-0.4, -0.2) is 48.7 Å². The standard InChI is InChI=1S/C30H33N3O7/c1-5-40-30(35)32-20(2)14-25(24-17-27(38-3)28(39-4)18-26(24)32)31(19-21-10-7-6-8-11-21)29(34)16-22-12-9-13-23(15-22)33(36)37/h6-13,15,17-18,20,25H,5,14,16,19H2,1-4H3. The maximum Gasteiger partial charge on any atom is 0.414 e. The minimum atomic E-state index is -0.487. The molecule has 0 fully saturated rings. The molecule has 0 spiro atoms. The Morgan fingerprint density at radius 3 is 2.33 bits per heavy atom. The van der Waals surface area contributed by atoms with Crippen molar-refractivity contribution in [2.45, 2.75) is 45.3 Å². The van der Waals surface area contributed by atoms with Crippen LogP contribution in [-0.2, 0) is 22.5 Å². The van der Waals surface area contributed by atoms with Crippen molar-refractivity contribution in [2.24, 2.45) is 0 Å². The van der Waals surface area contributed by atoms with Gasteiger partial charge in [0.25, 0.3) is 5.69 Å². The summed E-state index contributed by atoms with van der Waals surface area (Å²) in [5.41, 5.74) is 2.69. The Bertz CT molecular complexity index is 1380. The number of ether oxygens (including phenoxy) is 3. The van der Waals surface area contributed by atoms with Gasteiger partial charge in [-0.15, -0.1) is 0 Å². The number of hydrogen-bond acceptors (Lipinski definition) is 7. The second-order valence-corrected chi connectivity index (χ2v) is 9.55. The summed E-state index contributed by atoms with van der Waals surface area (Å²) in [5, 5.41) is 11.3. The maximum absolute atomic E-state index is 14.0. The van der Waals surface area contributed by atoms with Crippen LogP contribution < -0.4 is 14.4 Å². The molecule has 3 aromatic rings. The molecule has 4 rings (SSSR count). The number of carbonyl (C=O) groups excluding carboxylic acids is 2. The molecule has 1 aliphatic rings. The lowest BCUT2D eigenvalue weighted by atomic mass is 9.89. The molecule has 2 amide bonds. The van der Waals surface area contributed by atoms with Crippen LogP contribution in [0, 0.1) is 10.1 Å². The second-order valence-electron chi connectivity index (χ2n) is 9.55. The molecule has 0 aliphatic carbocycles. The molecule has 1 heterocycles. The van der Waals surface area contributed by atoms with Crippen molar-refractivity contribution < 1.29 is 28.7 Å². The molecule has 2 unspecified atom stereocenters. The Kier molecular flexibility index (Phi) is 8.88. The van der Waals surface area contributed by atoms with Crippen molar-refractivity contribution in [1.82, 2.24) is 4.90 Å². The normalized spacial score (nSPS) is 16.1. The van der Waals surface area contributed by atoms with E-state index in [0.717, 1.165) is 5.56 Å². The molecule has 0 saturated carbocycles. The summed E-state index contributed by atoms with van der Waals surface area (Å²) < 4.78 is 16.5. The van der Waals surface area contributed by atoms with Gasteiger partial charge in [-0.25, -0.2) is 4.79 Å². The molecule has 1 aliphatic heterocycles. The van der Waals surface area contributed by atoms with E-state index in [-0.39, 0.29) is 30.7 Å². The van der Waals surface area contributed by atoms with Gasteiger partial charge in [-0.3, -0.25) is 19.8 Å². The third kappa shape index (κ3) is 6.01. The molecular formula is C30H33N3O7. The predicted octanol–water partition coefficient (Wildman–Crippen LogP) is 5.68. The van der Waals surface area contributed by atoms with Crippen LogP contribution in [0.3, 0.4) is 0 Å². The number of hydrogen-bond donors (Lipinski definition) is 0. The first kappa shape index (κ1) is 28.4. The zero-order chi connectivity index (χ0) is 28.8. The number of benzene rings is 3. The van der Waals surface area contributed by atoms with Crippen LogP contribution in [0.1, 0.15) is 43.0 Å². The summed E-state index contributed by atoms with van der Waals surface area (Å²) in [6.07, 6.45) is -0.0715. The molecule has 0 N–H and O–H groups in total. The summed E-state index contributed by atoms with van der Waals surface area (Å²) in [6.45, 7) is 4.18. The summed E-state index contributed by atoms with van der Waals surface area (Å²) in [5.74, 6) is 0.711. The Morgan fingerprint density at radius 2 is 1.68 bits per heavy atom. The molecule has 210 valence electrons. The molecular weight excluding hydrogens is 514 g/mol. The minimum absolute atomic E-state index is 0.0242. The number of nitro benzene ring substituents is 1. The van der Waals surface area contributed by atoms with Crippen molar-refractivity contribution in [3.05, 3.63) is 93.5 Å². The molecule has 40 heavy (non-hydrogen) atoms. The van der Waals surface area contributed by atoms with Crippen molar-refractivity contribution in [2.75, 3.05) is 25.7 Å². The molecule has 10 heteroatoms. The highest BCUT2D eigenvalue weighted by Gasteiger charge is 2.40. The van der Waals surface area contributed by atoms with E-state index in [1.807, 2.05) is 37.3 Å². The molecule has 2 atom stereocenters. The molecule has 0 radical (unpaired) electrons. The van der Waals surface area contributed by atoms with E-state index in [1.165, 1.54) is 26.4 Å². The smallest absolute Gasteiger partial charge is 0.414 e. The highest BCUT2D eigenvalue weighted by molar-refractivity contribution is 5.91. The van der Waals surface area contributed by atoms with Crippen molar-refractivity contribution >= 4 is 23.4 Å². The van der Waals surface area contributed by atoms with Crippen molar-refractivity contribution in [3.8, 4) is 11.5 Å². The van der Waals surface area contributed by atoms with Gasteiger partial charge in [-0.2, -0.15) is 0 Å². The Labute approximate surface area is 233 Å². The first-order valence-electron chi connectivity index (χ1n) is 13.1. The summed E-state index contributed by atoms with van der Waals surface area (Å²) in [7, 11) is 3.05. The second kappa shape index (κ2) is 12.5. The average Bonchev–Trinajstić information content (AvgIpc) is 2.95. The van der Waals surface area contributed by atoms with E-state index in [0.29, 0.717) is 41.3 Å². The number of nitro groups is 1. The van der Waals surface area contributed by atoms with E-state index < -0.39 is 17.1 Å². The van der Waals surface area contributed by atoms with Crippen molar-refractivity contribution in [3.63, 3.8) is 0 Å². The predicted molar refractivity (Wildman–Crippen MR) is 150 cm³/mol. The topological polar surface area (TPSA) is 111 Å². The molecule has 0 bridgehead atoms. The van der Waals surface area contributed by atoms with E-state index in [4.69, 9.17) is 14.2 Å². The van der Waals surface area contributed by atoms with E-state index in [2.05, 4.69) is 0 Å². The zero-order valence-corrected chi connectivity index (χ0v) is 23.0. The van der Waals surface area contributed by atoms with Gasteiger partial charge in [0.1, 0.15) is 0 Å². The minimum Gasteiger partial charge on any atom is -0.493 e. The van der Waals surface area contributed by atoms with E-state index in [1.54, 1.807) is 41.0 Å². The Balaban J connectivity index is 1.81. The third-order valence-corrected chi connectivity index (χ3v) is 6.99. The quantitative estimate of drug-likeness (QED) is 0.250.